The smallest absolute Gasteiger partial charge is 0.294 e. The molecule has 5 heteroatoms. The summed E-state index contributed by atoms with van der Waals surface area (Å²) in [5.41, 5.74) is 1.42. The van der Waals surface area contributed by atoms with E-state index >= 15 is 0 Å². The molecule has 0 aliphatic heterocycles. The molecule has 2 saturated carbocycles. The average molecular weight is 306 g/mol. The van der Waals surface area contributed by atoms with Crippen molar-refractivity contribution in [3.05, 3.63) is 35.4 Å². The maximum atomic E-state index is 12.4. The average Bonchev–Trinajstić information content (AvgIpc) is 2.77. The second kappa shape index (κ2) is 4.52. The Balaban J connectivity index is 2.03. The summed E-state index contributed by atoms with van der Waals surface area (Å²) < 4.78 is 31.5. The summed E-state index contributed by atoms with van der Waals surface area (Å²) in [6.07, 6.45) is 3.73. The third kappa shape index (κ3) is 2.24. The first-order valence-electron chi connectivity index (χ1n) is 7.04. The number of allylic oxidation sites excluding steroid dienone is 1. The van der Waals surface area contributed by atoms with Gasteiger partial charge in [0.25, 0.3) is 10.1 Å². The summed E-state index contributed by atoms with van der Waals surface area (Å²) in [5, 5.41) is 0. The van der Waals surface area contributed by atoms with E-state index in [1.807, 2.05) is 0 Å². The van der Waals surface area contributed by atoms with E-state index in [-0.39, 0.29) is 27.9 Å². The molecule has 1 aromatic rings. The molecule has 0 saturated heterocycles. The van der Waals surface area contributed by atoms with Gasteiger partial charge in [-0.3, -0.25) is 9.35 Å². The lowest BCUT2D eigenvalue weighted by Crippen LogP contribution is -2.19. The minimum absolute atomic E-state index is 0.0103. The summed E-state index contributed by atoms with van der Waals surface area (Å²) >= 11 is 0. The lowest BCUT2D eigenvalue weighted by Gasteiger charge is -2.22. The van der Waals surface area contributed by atoms with Crippen LogP contribution in [-0.2, 0) is 14.9 Å². The van der Waals surface area contributed by atoms with Crippen LogP contribution in [0.15, 0.2) is 34.7 Å². The van der Waals surface area contributed by atoms with Crippen LogP contribution in [0.3, 0.4) is 0 Å². The van der Waals surface area contributed by atoms with E-state index < -0.39 is 10.1 Å². The lowest BCUT2D eigenvalue weighted by atomic mass is 9.81. The summed E-state index contributed by atoms with van der Waals surface area (Å²) in [5.74, 6) is 0.511. The molecule has 112 valence electrons. The third-order valence-corrected chi connectivity index (χ3v) is 5.84. The fourth-order valence-electron chi connectivity index (χ4n) is 3.83. The van der Waals surface area contributed by atoms with Gasteiger partial charge in [-0.1, -0.05) is 26.0 Å². The molecule has 1 aromatic carbocycles. The van der Waals surface area contributed by atoms with Crippen molar-refractivity contribution in [2.45, 2.75) is 31.6 Å². The summed E-state index contributed by atoms with van der Waals surface area (Å²) in [4.78, 5) is 12.3. The van der Waals surface area contributed by atoms with E-state index in [0.717, 1.165) is 18.4 Å². The zero-order chi connectivity index (χ0) is 15.4. The van der Waals surface area contributed by atoms with Crippen molar-refractivity contribution in [3.63, 3.8) is 0 Å². The highest BCUT2D eigenvalue weighted by molar-refractivity contribution is 7.85. The molecule has 2 aliphatic rings. The number of Topliss-reactive ketones (excluding diaryl/α,β-unsaturated/α-hetero) is 1. The van der Waals surface area contributed by atoms with Crippen LogP contribution in [0, 0.1) is 17.3 Å². The number of benzene rings is 1. The van der Waals surface area contributed by atoms with Gasteiger partial charge in [0.2, 0.25) is 0 Å². The van der Waals surface area contributed by atoms with Crippen molar-refractivity contribution in [1.82, 2.24) is 0 Å². The fourth-order valence-corrected chi connectivity index (χ4v) is 4.37. The van der Waals surface area contributed by atoms with Gasteiger partial charge in [-0.2, -0.15) is 8.42 Å². The lowest BCUT2D eigenvalue weighted by molar-refractivity contribution is -0.119. The van der Waals surface area contributed by atoms with Gasteiger partial charge in [0.15, 0.2) is 5.78 Å². The Morgan fingerprint density at radius 1 is 1.24 bits per heavy atom. The molecule has 1 N–H and O–H groups in total. The molecule has 2 unspecified atom stereocenters. The summed E-state index contributed by atoms with van der Waals surface area (Å²) in [6, 6.07) is 6.05. The molecule has 2 fully saturated rings. The van der Waals surface area contributed by atoms with Crippen molar-refractivity contribution in [3.8, 4) is 0 Å². The number of hydrogen-bond donors (Lipinski definition) is 1. The van der Waals surface area contributed by atoms with E-state index in [4.69, 9.17) is 4.55 Å². The van der Waals surface area contributed by atoms with Crippen LogP contribution in [0.4, 0.5) is 0 Å². The van der Waals surface area contributed by atoms with Gasteiger partial charge < -0.3 is 0 Å². The number of ketones is 1. The van der Waals surface area contributed by atoms with Gasteiger partial charge in [0.1, 0.15) is 0 Å². The molecule has 2 aliphatic carbocycles. The molecule has 0 heterocycles. The highest BCUT2D eigenvalue weighted by Gasteiger charge is 2.55. The first-order valence-corrected chi connectivity index (χ1v) is 8.48. The molecular formula is C16H18O4S. The van der Waals surface area contributed by atoms with E-state index in [0.29, 0.717) is 5.56 Å². The van der Waals surface area contributed by atoms with E-state index in [1.165, 1.54) is 12.1 Å². The van der Waals surface area contributed by atoms with Crippen LogP contribution in [0.5, 0.6) is 0 Å². The van der Waals surface area contributed by atoms with Gasteiger partial charge in [-0.25, -0.2) is 0 Å². The van der Waals surface area contributed by atoms with Crippen molar-refractivity contribution in [2.75, 3.05) is 0 Å². The second-order valence-corrected chi connectivity index (χ2v) is 7.94. The molecule has 0 aromatic heterocycles. The van der Waals surface area contributed by atoms with E-state index in [1.54, 1.807) is 18.2 Å². The Morgan fingerprint density at radius 3 is 2.48 bits per heavy atom. The molecule has 21 heavy (non-hydrogen) atoms. The van der Waals surface area contributed by atoms with Crippen LogP contribution in [0.1, 0.15) is 32.3 Å². The standard InChI is InChI=1S/C16H18O4S/c1-16(2)13-6-7-14(16)15(17)12(13)9-10-4-3-5-11(8-10)21(18,19)20/h3-5,8-9,13-14H,6-7H2,1-2H3,(H,18,19,20)/b12-9+. The maximum Gasteiger partial charge on any atom is 0.294 e. The Labute approximate surface area is 124 Å². The summed E-state index contributed by atoms with van der Waals surface area (Å²) in [6.45, 7) is 4.26. The normalized spacial score (nSPS) is 29.3. The minimum Gasteiger partial charge on any atom is -0.294 e. The minimum atomic E-state index is -4.22. The van der Waals surface area contributed by atoms with Gasteiger partial charge in [0, 0.05) is 5.92 Å². The van der Waals surface area contributed by atoms with Crippen LogP contribution in [0.2, 0.25) is 0 Å². The highest BCUT2D eigenvalue weighted by Crippen LogP contribution is 2.58. The molecule has 2 atom stereocenters. The number of carbonyl (C=O) groups is 1. The Morgan fingerprint density at radius 2 is 1.90 bits per heavy atom. The monoisotopic (exact) mass is 306 g/mol. The Hall–Kier alpha value is -1.46. The van der Waals surface area contributed by atoms with Crippen molar-refractivity contribution < 1.29 is 17.8 Å². The first kappa shape index (κ1) is 14.5. The Kier molecular flexibility index (Phi) is 3.11. The topological polar surface area (TPSA) is 71.4 Å². The Bertz CT molecular complexity index is 743. The molecule has 0 amide bonds. The van der Waals surface area contributed by atoms with Crippen LogP contribution in [-0.4, -0.2) is 18.8 Å². The number of fused-ring (bicyclic) bond motifs is 2. The van der Waals surface area contributed by atoms with E-state index in [2.05, 4.69) is 13.8 Å². The van der Waals surface area contributed by atoms with E-state index in [9.17, 15) is 13.2 Å². The fraction of sp³-hybridized carbons (Fsp3) is 0.438. The first-order chi connectivity index (χ1) is 9.71. The van der Waals surface area contributed by atoms with Crippen molar-refractivity contribution >= 4 is 22.0 Å². The number of hydrogen-bond acceptors (Lipinski definition) is 3. The van der Waals surface area contributed by atoms with Crippen LogP contribution < -0.4 is 0 Å². The largest absolute Gasteiger partial charge is 0.294 e. The van der Waals surface area contributed by atoms with Crippen LogP contribution in [0.25, 0.3) is 6.08 Å². The second-order valence-electron chi connectivity index (χ2n) is 6.52. The van der Waals surface area contributed by atoms with Gasteiger partial charge in [-0.15, -0.1) is 0 Å². The SMILES string of the molecule is CC1(C)C2CCC1/C(=C\c1cccc(S(=O)(=O)O)c1)C2=O. The number of rotatable bonds is 2. The van der Waals surface area contributed by atoms with Gasteiger partial charge >= 0.3 is 0 Å². The van der Waals surface area contributed by atoms with Crippen molar-refractivity contribution in [2.24, 2.45) is 17.3 Å². The van der Waals surface area contributed by atoms with Gasteiger partial charge in [0.05, 0.1) is 4.90 Å². The molecule has 0 spiro atoms. The zero-order valence-electron chi connectivity index (χ0n) is 12.0. The molecular weight excluding hydrogens is 288 g/mol. The molecule has 4 nitrogen and oxygen atoms in total. The molecule has 3 rings (SSSR count). The van der Waals surface area contributed by atoms with Gasteiger partial charge in [-0.05, 0) is 53.5 Å². The maximum absolute atomic E-state index is 12.4. The quantitative estimate of drug-likeness (QED) is 0.673. The molecule has 2 bridgehead atoms. The predicted molar refractivity (Wildman–Crippen MR) is 79.2 cm³/mol. The summed E-state index contributed by atoms with van der Waals surface area (Å²) in [7, 11) is -4.22. The molecule has 0 radical (unpaired) electrons. The zero-order valence-corrected chi connectivity index (χ0v) is 12.9. The predicted octanol–water partition coefficient (Wildman–Crippen LogP) is 2.95. The number of carbonyl (C=O) groups excluding carboxylic acids is 1. The van der Waals surface area contributed by atoms with Crippen LogP contribution >= 0.6 is 0 Å². The van der Waals surface area contributed by atoms with Crippen molar-refractivity contribution in [1.29, 1.82) is 0 Å². The third-order valence-electron chi connectivity index (χ3n) is 4.99. The highest BCUT2D eigenvalue weighted by atomic mass is 32.2.